The van der Waals surface area contributed by atoms with E-state index in [0.29, 0.717) is 18.4 Å². The molecular formula is C10H15NOS. The fourth-order valence-electron chi connectivity index (χ4n) is 1.97. The zero-order chi connectivity index (χ0) is 9.10. The highest BCUT2D eigenvalue weighted by molar-refractivity contribution is 7.10. The summed E-state index contributed by atoms with van der Waals surface area (Å²) in [6.07, 6.45) is 1.10. The van der Waals surface area contributed by atoms with E-state index in [1.807, 2.05) is 0 Å². The molecule has 0 saturated carbocycles. The van der Waals surface area contributed by atoms with Gasteiger partial charge in [-0.15, -0.1) is 11.3 Å². The van der Waals surface area contributed by atoms with Gasteiger partial charge in [-0.05, 0) is 30.3 Å². The van der Waals surface area contributed by atoms with Crippen LogP contribution in [0.3, 0.4) is 0 Å². The van der Waals surface area contributed by atoms with E-state index in [2.05, 4.69) is 22.8 Å². The summed E-state index contributed by atoms with van der Waals surface area (Å²) >= 11 is 1.80. The molecule has 3 heteroatoms. The molecule has 1 aliphatic heterocycles. The van der Waals surface area contributed by atoms with E-state index in [9.17, 15) is 5.11 Å². The van der Waals surface area contributed by atoms with Gasteiger partial charge in [0, 0.05) is 23.9 Å². The Kier molecular flexibility index (Phi) is 2.98. The molecule has 1 aliphatic rings. The first-order valence-corrected chi connectivity index (χ1v) is 5.64. The number of piperidine rings is 1. The molecule has 2 rings (SSSR count). The third kappa shape index (κ3) is 1.93. The minimum atomic E-state index is 0.324. The van der Waals surface area contributed by atoms with Crippen LogP contribution < -0.4 is 5.32 Å². The molecule has 0 aromatic carbocycles. The van der Waals surface area contributed by atoms with Crippen LogP contribution in [-0.4, -0.2) is 24.8 Å². The van der Waals surface area contributed by atoms with Crippen molar-refractivity contribution in [2.45, 2.75) is 12.3 Å². The molecule has 0 amide bonds. The minimum Gasteiger partial charge on any atom is -0.396 e. The molecule has 13 heavy (non-hydrogen) atoms. The second-order valence-electron chi connectivity index (χ2n) is 3.56. The van der Waals surface area contributed by atoms with Gasteiger partial charge < -0.3 is 10.4 Å². The van der Waals surface area contributed by atoms with Crippen molar-refractivity contribution in [2.24, 2.45) is 5.92 Å². The van der Waals surface area contributed by atoms with Gasteiger partial charge in [-0.25, -0.2) is 0 Å². The second kappa shape index (κ2) is 4.22. The fraction of sp³-hybridized carbons (Fsp3) is 0.600. The van der Waals surface area contributed by atoms with Crippen LogP contribution in [0.4, 0.5) is 0 Å². The lowest BCUT2D eigenvalue weighted by Crippen LogP contribution is -2.36. The van der Waals surface area contributed by atoms with Crippen molar-refractivity contribution < 1.29 is 5.11 Å². The Balaban J connectivity index is 2.11. The maximum Gasteiger partial charge on any atom is 0.0466 e. The summed E-state index contributed by atoms with van der Waals surface area (Å²) in [5, 5.41) is 14.7. The third-order valence-corrected chi connectivity index (χ3v) is 3.77. The SMILES string of the molecule is OCC1CCNCC1c1cccs1. The Morgan fingerprint density at radius 1 is 1.62 bits per heavy atom. The van der Waals surface area contributed by atoms with Gasteiger partial charge >= 0.3 is 0 Å². The van der Waals surface area contributed by atoms with Gasteiger partial charge in [0.2, 0.25) is 0 Å². The van der Waals surface area contributed by atoms with E-state index in [1.54, 1.807) is 11.3 Å². The summed E-state index contributed by atoms with van der Waals surface area (Å²) in [7, 11) is 0. The smallest absolute Gasteiger partial charge is 0.0466 e. The molecule has 1 saturated heterocycles. The molecule has 2 unspecified atom stereocenters. The lowest BCUT2D eigenvalue weighted by Gasteiger charge is -2.30. The number of nitrogens with one attached hydrogen (secondary N) is 1. The molecule has 2 heterocycles. The highest BCUT2D eigenvalue weighted by Gasteiger charge is 2.25. The van der Waals surface area contributed by atoms with Crippen molar-refractivity contribution in [2.75, 3.05) is 19.7 Å². The number of rotatable bonds is 2. The average molecular weight is 197 g/mol. The largest absolute Gasteiger partial charge is 0.396 e. The van der Waals surface area contributed by atoms with Gasteiger partial charge in [0.25, 0.3) is 0 Å². The van der Waals surface area contributed by atoms with Crippen LogP contribution in [-0.2, 0) is 0 Å². The lowest BCUT2D eigenvalue weighted by atomic mass is 9.86. The average Bonchev–Trinajstić information content (AvgIpc) is 2.70. The summed E-state index contributed by atoms with van der Waals surface area (Å²) in [4.78, 5) is 1.41. The first-order valence-electron chi connectivity index (χ1n) is 4.77. The molecule has 2 nitrogen and oxygen atoms in total. The summed E-state index contributed by atoms with van der Waals surface area (Å²) in [6.45, 7) is 2.39. The quantitative estimate of drug-likeness (QED) is 0.752. The predicted octanol–water partition coefficient (Wildman–Crippen LogP) is 1.43. The number of aliphatic hydroxyl groups excluding tert-OH is 1. The van der Waals surface area contributed by atoms with Crippen LogP contribution >= 0.6 is 11.3 Å². The molecule has 1 fully saturated rings. The number of hydrogen-bond acceptors (Lipinski definition) is 3. The fourth-order valence-corrected chi connectivity index (χ4v) is 2.89. The Hall–Kier alpha value is -0.380. The normalized spacial score (nSPS) is 29.0. The topological polar surface area (TPSA) is 32.3 Å². The van der Waals surface area contributed by atoms with Crippen molar-refractivity contribution >= 4 is 11.3 Å². The van der Waals surface area contributed by atoms with Gasteiger partial charge in [-0.3, -0.25) is 0 Å². The Morgan fingerprint density at radius 2 is 2.54 bits per heavy atom. The predicted molar refractivity (Wildman–Crippen MR) is 55.1 cm³/mol. The molecular weight excluding hydrogens is 182 g/mol. The van der Waals surface area contributed by atoms with Crippen molar-refractivity contribution in [3.8, 4) is 0 Å². The molecule has 0 bridgehead atoms. The molecule has 0 radical (unpaired) electrons. The Bertz CT molecular complexity index is 247. The van der Waals surface area contributed by atoms with Crippen LogP contribution in [0.5, 0.6) is 0 Å². The number of thiophene rings is 1. The van der Waals surface area contributed by atoms with E-state index in [1.165, 1.54) is 4.88 Å². The van der Waals surface area contributed by atoms with E-state index < -0.39 is 0 Å². The summed E-state index contributed by atoms with van der Waals surface area (Å²) in [6, 6.07) is 4.26. The van der Waals surface area contributed by atoms with Gasteiger partial charge in [0.05, 0.1) is 0 Å². The second-order valence-corrected chi connectivity index (χ2v) is 4.54. The highest BCUT2D eigenvalue weighted by atomic mass is 32.1. The molecule has 2 atom stereocenters. The third-order valence-electron chi connectivity index (χ3n) is 2.77. The molecule has 2 N–H and O–H groups in total. The zero-order valence-electron chi connectivity index (χ0n) is 7.57. The number of aliphatic hydroxyl groups is 1. The maximum absolute atomic E-state index is 9.24. The van der Waals surface area contributed by atoms with Crippen molar-refractivity contribution in [1.29, 1.82) is 0 Å². The van der Waals surface area contributed by atoms with Gasteiger partial charge in [0.1, 0.15) is 0 Å². The molecule has 72 valence electrons. The molecule has 1 aromatic heterocycles. The van der Waals surface area contributed by atoms with Gasteiger partial charge in [-0.1, -0.05) is 6.07 Å². The summed E-state index contributed by atoms with van der Waals surface area (Å²) in [5.41, 5.74) is 0. The first kappa shape index (κ1) is 9.19. The van der Waals surface area contributed by atoms with Gasteiger partial charge in [0.15, 0.2) is 0 Å². The van der Waals surface area contributed by atoms with Gasteiger partial charge in [-0.2, -0.15) is 0 Å². The molecule has 1 aromatic rings. The highest BCUT2D eigenvalue weighted by Crippen LogP contribution is 2.31. The first-order chi connectivity index (χ1) is 6.42. The standard InChI is InChI=1S/C10H15NOS/c12-7-8-3-4-11-6-9(8)10-2-1-5-13-10/h1-2,5,8-9,11-12H,3-4,6-7H2. The van der Waals surface area contributed by atoms with Crippen LogP contribution in [0, 0.1) is 5.92 Å². The Morgan fingerprint density at radius 3 is 3.23 bits per heavy atom. The van der Waals surface area contributed by atoms with Crippen molar-refractivity contribution in [3.05, 3.63) is 22.4 Å². The summed E-state index contributed by atoms with van der Waals surface area (Å²) in [5.74, 6) is 0.985. The molecule has 0 spiro atoms. The van der Waals surface area contributed by atoms with Crippen LogP contribution in [0.15, 0.2) is 17.5 Å². The number of hydrogen-bond donors (Lipinski definition) is 2. The summed E-state index contributed by atoms with van der Waals surface area (Å²) < 4.78 is 0. The monoisotopic (exact) mass is 197 g/mol. The van der Waals surface area contributed by atoms with E-state index in [0.717, 1.165) is 19.5 Å². The van der Waals surface area contributed by atoms with Crippen LogP contribution in [0.1, 0.15) is 17.2 Å². The van der Waals surface area contributed by atoms with Crippen molar-refractivity contribution in [1.82, 2.24) is 5.32 Å². The van der Waals surface area contributed by atoms with E-state index >= 15 is 0 Å². The van der Waals surface area contributed by atoms with Crippen LogP contribution in [0.2, 0.25) is 0 Å². The zero-order valence-corrected chi connectivity index (χ0v) is 8.39. The Labute approximate surface area is 82.6 Å². The van der Waals surface area contributed by atoms with E-state index in [4.69, 9.17) is 0 Å². The van der Waals surface area contributed by atoms with E-state index in [-0.39, 0.29) is 0 Å². The molecule has 0 aliphatic carbocycles. The van der Waals surface area contributed by atoms with Crippen LogP contribution in [0.25, 0.3) is 0 Å². The van der Waals surface area contributed by atoms with Crippen molar-refractivity contribution in [3.63, 3.8) is 0 Å². The minimum absolute atomic E-state index is 0.324. The lowest BCUT2D eigenvalue weighted by molar-refractivity contribution is 0.178. The maximum atomic E-state index is 9.24.